The summed E-state index contributed by atoms with van der Waals surface area (Å²) in [7, 11) is 0. The van der Waals surface area contributed by atoms with E-state index < -0.39 is 10.5 Å². The number of hydrogen-bond donors (Lipinski definition) is 3. The third kappa shape index (κ3) is 3.42. The van der Waals surface area contributed by atoms with Gasteiger partial charge in [0.2, 0.25) is 0 Å². The molecule has 1 rings (SSSR count). The summed E-state index contributed by atoms with van der Waals surface area (Å²) < 4.78 is 0. The zero-order valence-corrected chi connectivity index (χ0v) is 10.5. The lowest BCUT2D eigenvalue weighted by Crippen LogP contribution is -2.40. The third-order valence-corrected chi connectivity index (χ3v) is 2.10. The Labute approximate surface area is 104 Å². The van der Waals surface area contributed by atoms with Gasteiger partial charge in [0, 0.05) is 17.2 Å². The normalized spacial score (nSPS) is 10.9. The smallest absolute Gasteiger partial charge is 0.294 e. The van der Waals surface area contributed by atoms with Gasteiger partial charge in [-0.3, -0.25) is 20.8 Å². The first kappa shape index (κ1) is 13.9. The summed E-state index contributed by atoms with van der Waals surface area (Å²) >= 11 is 0. The van der Waals surface area contributed by atoms with Crippen LogP contribution in [0.4, 0.5) is 11.4 Å². The molecule has 0 spiro atoms. The van der Waals surface area contributed by atoms with Gasteiger partial charge in [0.25, 0.3) is 11.6 Å². The Bertz CT molecular complexity index is 480. The number of anilines is 1. The van der Waals surface area contributed by atoms with E-state index >= 15 is 0 Å². The number of nitrogen functional groups attached to an aromatic ring is 1. The molecule has 7 heteroatoms. The van der Waals surface area contributed by atoms with Gasteiger partial charge >= 0.3 is 0 Å². The number of amides is 1. The van der Waals surface area contributed by atoms with E-state index in [9.17, 15) is 14.9 Å². The van der Waals surface area contributed by atoms with Crippen molar-refractivity contribution in [2.75, 3.05) is 5.43 Å². The summed E-state index contributed by atoms with van der Waals surface area (Å²) in [6.45, 7) is 5.49. The van der Waals surface area contributed by atoms with E-state index in [1.165, 1.54) is 18.2 Å². The minimum absolute atomic E-state index is 0.160. The van der Waals surface area contributed by atoms with Crippen LogP contribution in [0.5, 0.6) is 0 Å². The molecule has 0 radical (unpaired) electrons. The fourth-order valence-electron chi connectivity index (χ4n) is 1.36. The number of nitrogens with zero attached hydrogens (tertiary/aromatic N) is 1. The van der Waals surface area contributed by atoms with E-state index in [-0.39, 0.29) is 22.8 Å². The largest absolute Gasteiger partial charge is 0.347 e. The molecule has 1 amide bonds. The fraction of sp³-hybridized carbons (Fsp3) is 0.364. The van der Waals surface area contributed by atoms with Gasteiger partial charge in [0.1, 0.15) is 5.69 Å². The van der Waals surface area contributed by atoms with Crippen LogP contribution in [0, 0.1) is 10.1 Å². The van der Waals surface area contributed by atoms with Crippen molar-refractivity contribution in [1.29, 1.82) is 0 Å². The average Bonchev–Trinajstić information content (AvgIpc) is 2.25. The standard InChI is InChI=1S/C11H16N4O3/c1-11(2,3)13-10(16)7-4-5-8(14-12)9(6-7)15(17)18/h4-6,14H,12H2,1-3H3,(H,13,16). The number of carbonyl (C=O) groups excluding carboxylic acids is 1. The number of nitrogens with two attached hydrogens (primary N) is 1. The highest BCUT2D eigenvalue weighted by molar-refractivity contribution is 5.96. The molecule has 98 valence electrons. The van der Waals surface area contributed by atoms with E-state index in [1.54, 1.807) is 0 Å². The lowest BCUT2D eigenvalue weighted by molar-refractivity contribution is -0.384. The second kappa shape index (κ2) is 5.01. The van der Waals surface area contributed by atoms with Crippen molar-refractivity contribution in [3.63, 3.8) is 0 Å². The van der Waals surface area contributed by atoms with Crippen molar-refractivity contribution in [2.45, 2.75) is 26.3 Å². The van der Waals surface area contributed by atoms with Gasteiger partial charge in [-0.05, 0) is 32.9 Å². The minimum Gasteiger partial charge on any atom is -0.347 e. The lowest BCUT2D eigenvalue weighted by Gasteiger charge is -2.20. The summed E-state index contributed by atoms with van der Waals surface area (Å²) in [5, 5.41) is 13.5. The molecule has 0 aliphatic rings. The highest BCUT2D eigenvalue weighted by Gasteiger charge is 2.19. The summed E-state index contributed by atoms with van der Waals surface area (Å²) in [6.07, 6.45) is 0. The van der Waals surface area contributed by atoms with Crippen LogP contribution < -0.4 is 16.6 Å². The van der Waals surface area contributed by atoms with Crippen LogP contribution in [0.3, 0.4) is 0 Å². The Morgan fingerprint density at radius 1 is 1.39 bits per heavy atom. The maximum absolute atomic E-state index is 11.8. The van der Waals surface area contributed by atoms with E-state index in [0.717, 1.165) is 0 Å². The molecule has 0 bridgehead atoms. The quantitative estimate of drug-likeness (QED) is 0.428. The summed E-state index contributed by atoms with van der Waals surface area (Å²) in [6, 6.07) is 4.06. The van der Waals surface area contributed by atoms with Crippen LogP contribution in [0.2, 0.25) is 0 Å². The topological polar surface area (TPSA) is 110 Å². The van der Waals surface area contributed by atoms with Crippen molar-refractivity contribution in [3.8, 4) is 0 Å². The molecule has 1 aromatic carbocycles. The van der Waals surface area contributed by atoms with Crippen molar-refractivity contribution >= 4 is 17.3 Å². The Hall–Kier alpha value is -2.15. The molecule has 0 saturated heterocycles. The summed E-state index contributed by atoms with van der Waals surface area (Å²) in [5.41, 5.74) is 1.95. The number of hydrazine groups is 1. The highest BCUT2D eigenvalue weighted by atomic mass is 16.6. The van der Waals surface area contributed by atoms with Gasteiger partial charge in [0.15, 0.2) is 0 Å². The van der Waals surface area contributed by atoms with Crippen molar-refractivity contribution < 1.29 is 9.72 Å². The Morgan fingerprint density at radius 3 is 2.44 bits per heavy atom. The van der Waals surface area contributed by atoms with Crippen molar-refractivity contribution in [1.82, 2.24) is 5.32 Å². The second-order valence-electron chi connectivity index (χ2n) is 4.84. The number of benzene rings is 1. The molecular formula is C11H16N4O3. The molecule has 0 atom stereocenters. The number of rotatable bonds is 3. The molecule has 0 fully saturated rings. The van der Waals surface area contributed by atoms with E-state index in [1.807, 2.05) is 20.8 Å². The first-order valence-electron chi connectivity index (χ1n) is 5.32. The maximum atomic E-state index is 11.8. The first-order chi connectivity index (χ1) is 8.24. The Kier molecular flexibility index (Phi) is 3.87. The van der Waals surface area contributed by atoms with E-state index in [4.69, 9.17) is 5.84 Å². The molecular weight excluding hydrogens is 236 g/mol. The second-order valence-corrected chi connectivity index (χ2v) is 4.84. The maximum Gasteiger partial charge on any atom is 0.294 e. The predicted octanol–water partition coefficient (Wildman–Crippen LogP) is 1.41. The molecule has 0 aromatic heterocycles. The van der Waals surface area contributed by atoms with Crippen LogP contribution in [0.15, 0.2) is 18.2 Å². The molecule has 4 N–H and O–H groups in total. The van der Waals surface area contributed by atoms with Gasteiger partial charge in [0.05, 0.1) is 4.92 Å². The molecule has 1 aromatic rings. The number of carbonyl (C=O) groups is 1. The van der Waals surface area contributed by atoms with Crippen molar-refractivity contribution in [2.24, 2.45) is 5.84 Å². The lowest BCUT2D eigenvalue weighted by atomic mass is 10.1. The molecule has 0 heterocycles. The number of nitro groups is 1. The van der Waals surface area contributed by atoms with Gasteiger partial charge in [-0.1, -0.05) is 0 Å². The van der Waals surface area contributed by atoms with Crippen LogP contribution in [0.1, 0.15) is 31.1 Å². The molecule has 18 heavy (non-hydrogen) atoms. The van der Waals surface area contributed by atoms with Gasteiger partial charge in [-0.25, -0.2) is 0 Å². The number of nitro benzene ring substituents is 1. The molecule has 0 aliphatic heterocycles. The SMILES string of the molecule is CC(C)(C)NC(=O)c1ccc(NN)c([N+](=O)[O-])c1. The van der Waals surface area contributed by atoms with E-state index in [2.05, 4.69) is 10.7 Å². The van der Waals surface area contributed by atoms with E-state index in [0.29, 0.717) is 0 Å². The van der Waals surface area contributed by atoms with Crippen LogP contribution in [0.25, 0.3) is 0 Å². The molecule has 0 aliphatic carbocycles. The van der Waals surface area contributed by atoms with Gasteiger partial charge in [-0.15, -0.1) is 0 Å². The summed E-state index contributed by atoms with van der Waals surface area (Å²) in [5.74, 6) is 4.79. The monoisotopic (exact) mass is 252 g/mol. The Balaban J connectivity index is 3.09. The molecule has 7 nitrogen and oxygen atoms in total. The predicted molar refractivity (Wildman–Crippen MR) is 68.1 cm³/mol. The van der Waals surface area contributed by atoms with Crippen LogP contribution in [-0.2, 0) is 0 Å². The Morgan fingerprint density at radius 2 is 2.00 bits per heavy atom. The third-order valence-electron chi connectivity index (χ3n) is 2.10. The summed E-state index contributed by atoms with van der Waals surface area (Å²) in [4.78, 5) is 22.1. The zero-order valence-electron chi connectivity index (χ0n) is 10.5. The minimum atomic E-state index is -0.594. The first-order valence-corrected chi connectivity index (χ1v) is 5.32. The number of nitrogens with one attached hydrogen (secondary N) is 2. The highest BCUT2D eigenvalue weighted by Crippen LogP contribution is 2.24. The zero-order chi connectivity index (χ0) is 13.9. The van der Waals surface area contributed by atoms with Crippen molar-refractivity contribution in [3.05, 3.63) is 33.9 Å². The van der Waals surface area contributed by atoms with Gasteiger partial charge in [-0.2, -0.15) is 0 Å². The fourth-order valence-corrected chi connectivity index (χ4v) is 1.36. The van der Waals surface area contributed by atoms with Gasteiger partial charge < -0.3 is 10.7 Å². The van der Waals surface area contributed by atoms with Crippen LogP contribution in [-0.4, -0.2) is 16.4 Å². The average molecular weight is 252 g/mol. The molecule has 0 unspecified atom stereocenters. The number of hydrogen-bond acceptors (Lipinski definition) is 5. The van der Waals surface area contributed by atoms with Crippen LogP contribution >= 0.6 is 0 Å². The molecule has 0 saturated carbocycles.